The topological polar surface area (TPSA) is 37.3 Å². The van der Waals surface area contributed by atoms with Gasteiger partial charge in [0, 0.05) is 11.4 Å². The van der Waals surface area contributed by atoms with Crippen molar-refractivity contribution in [1.29, 1.82) is 0 Å². The van der Waals surface area contributed by atoms with E-state index in [9.17, 15) is 9.90 Å². The number of aldehydes is 1. The summed E-state index contributed by atoms with van der Waals surface area (Å²) in [7, 11) is 0. The minimum Gasteiger partial charge on any atom is -0.385 e. The van der Waals surface area contributed by atoms with Crippen LogP contribution in [0.25, 0.3) is 0 Å². The van der Waals surface area contributed by atoms with Crippen LogP contribution < -0.4 is 0 Å². The molecule has 1 rings (SSSR count). The number of halogens is 1. The van der Waals surface area contributed by atoms with Gasteiger partial charge in [-0.05, 0) is 31.0 Å². The van der Waals surface area contributed by atoms with Crippen molar-refractivity contribution < 1.29 is 9.90 Å². The fourth-order valence-corrected chi connectivity index (χ4v) is 1.39. The summed E-state index contributed by atoms with van der Waals surface area (Å²) >= 11 is 5.92. The Kier molecular flexibility index (Phi) is 3.29. The molecule has 76 valence electrons. The monoisotopic (exact) mass is 212 g/mol. The summed E-state index contributed by atoms with van der Waals surface area (Å²) in [5.41, 5.74) is 0.497. The number of aryl methyl sites for hydroxylation is 1. The van der Waals surface area contributed by atoms with E-state index in [1.165, 1.54) is 0 Å². The molecule has 1 aromatic rings. The van der Waals surface area contributed by atoms with Gasteiger partial charge in [-0.1, -0.05) is 23.7 Å². The molecule has 0 aliphatic carbocycles. The molecule has 0 aliphatic rings. The van der Waals surface area contributed by atoms with E-state index >= 15 is 0 Å². The predicted molar refractivity (Wildman–Crippen MR) is 56.4 cm³/mol. The molecule has 0 spiro atoms. The number of hydrogen-bond donors (Lipinski definition) is 1. The second-order valence-corrected chi connectivity index (χ2v) is 4.02. The number of rotatable bonds is 3. The third-order valence-corrected chi connectivity index (χ3v) is 2.68. The van der Waals surface area contributed by atoms with Crippen LogP contribution in [0.15, 0.2) is 18.2 Å². The lowest BCUT2D eigenvalue weighted by molar-refractivity contribution is -0.112. The molecule has 1 aromatic carbocycles. The van der Waals surface area contributed by atoms with Gasteiger partial charge in [0.1, 0.15) is 6.29 Å². The first kappa shape index (κ1) is 11.2. The highest BCUT2D eigenvalue weighted by atomic mass is 35.5. The average Bonchev–Trinajstić information content (AvgIpc) is 2.09. The second-order valence-electron chi connectivity index (χ2n) is 3.61. The van der Waals surface area contributed by atoms with Crippen LogP contribution in [0.1, 0.15) is 24.5 Å². The van der Waals surface area contributed by atoms with Crippen molar-refractivity contribution >= 4 is 17.9 Å². The summed E-state index contributed by atoms with van der Waals surface area (Å²) in [5, 5.41) is 10.5. The maximum absolute atomic E-state index is 10.4. The van der Waals surface area contributed by atoms with Gasteiger partial charge in [0.2, 0.25) is 0 Å². The highest BCUT2D eigenvalue weighted by Crippen LogP contribution is 2.27. The van der Waals surface area contributed by atoms with Crippen molar-refractivity contribution in [2.45, 2.75) is 25.9 Å². The standard InChI is InChI=1S/C11H13ClO2/c1-8-3-4-9(7-10(8)12)11(2,14)5-6-13/h3-4,6-7,14H,5H2,1-2H3. The van der Waals surface area contributed by atoms with E-state index in [0.717, 1.165) is 5.56 Å². The van der Waals surface area contributed by atoms with Crippen molar-refractivity contribution in [2.75, 3.05) is 0 Å². The second kappa shape index (κ2) is 4.11. The van der Waals surface area contributed by atoms with Gasteiger partial charge in [-0.2, -0.15) is 0 Å². The molecule has 0 aromatic heterocycles. The van der Waals surface area contributed by atoms with Crippen LogP contribution in [-0.4, -0.2) is 11.4 Å². The maximum Gasteiger partial charge on any atom is 0.123 e. The molecule has 0 saturated heterocycles. The Balaban J connectivity index is 3.07. The van der Waals surface area contributed by atoms with E-state index in [1.807, 2.05) is 13.0 Å². The quantitative estimate of drug-likeness (QED) is 0.782. The van der Waals surface area contributed by atoms with Gasteiger partial charge in [-0.25, -0.2) is 0 Å². The molecule has 2 nitrogen and oxygen atoms in total. The molecule has 1 atom stereocenters. The zero-order valence-corrected chi connectivity index (χ0v) is 9.01. The fourth-order valence-electron chi connectivity index (χ4n) is 1.21. The Morgan fingerprint density at radius 2 is 2.21 bits per heavy atom. The molecule has 0 aliphatic heterocycles. The smallest absolute Gasteiger partial charge is 0.123 e. The number of aliphatic hydroxyl groups is 1. The fraction of sp³-hybridized carbons (Fsp3) is 0.364. The van der Waals surface area contributed by atoms with Crippen LogP contribution in [-0.2, 0) is 10.4 Å². The van der Waals surface area contributed by atoms with Crippen LogP contribution in [0.5, 0.6) is 0 Å². The molecule has 0 amide bonds. The average molecular weight is 213 g/mol. The minimum atomic E-state index is -1.13. The number of carbonyl (C=O) groups excluding carboxylic acids is 1. The van der Waals surface area contributed by atoms with Crippen LogP contribution >= 0.6 is 11.6 Å². The molecule has 1 N–H and O–H groups in total. The lowest BCUT2D eigenvalue weighted by atomic mass is 9.92. The SMILES string of the molecule is Cc1ccc(C(C)(O)CC=O)cc1Cl. The van der Waals surface area contributed by atoms with E-state index in [1.54, 1.807) is 19.1 Å². The van der Waals surface area contributed by atoms with E-state index in [-0.39, 0.29) is 6.42 Å². The molecule has 0 heterocycles. The van der Waals surface area contributed by atoms with Crippen LogP contribution in [0, 0.1) is 6.92 Å². The first-order valence-corrected chi connectivity index (χ1v) is 4.78. The van der Waals surface area contributed by atoms with Crippen molar-refractivity contribution in [3.63, 3.8) is 0 Å². The van der Waals surface area contributed by atoms with Crippen molar-refractivity contribution in [3.05, 3.63) is 34.3 Å². The summed E-state index contributed by atoms with van der Waals surface area (Å²) < 4.78 is 0. The lowest BCUT2D eigenvalue weighted by Gasteiger charge is -2.21. The highest BCUT2D eigenvalue weighted by molar-refractivity contribution is 6.31. The van der Waals surface area contributed by atoms with E-state index < -0.39 is 5.60 Å². The molecule has 3 heteroatoms. The first-order chi connectivity index (χ1) is 6.47. The molecule has 0 bridgehead atoms. The third-order valence-electron chi connectivity index (χ3n) is 2.27. The largest absolute Gasteiger partial charge is 0.385 e. The predicted octanol–water partition coefficient (Wildman–Crippen LogP) is 2.44. The summed E-state index contributed by atoms with van der Waals surface area (Å²) in [6, 6.07) is 5.31. The highest BCUT2D eigenvalue weighted by Gasteiger charge is 2.22. The minimum absolute atomic E-state index is 0.0758. The number of benzene rings is 1. The van der Waals surface area contributed by atoms with Gasteiger partial charge in [0.25, 0.3) is 0 Å². The molecular formula is C11H13ClO2. The van der Waals surface area contributed by atoms with Crippen molar-refractivity contribution in [3.8, 4) is 0 Å². The van der Waals surface area contributed by atoms with Gasteiger partial charge >= 0.3 is 0 Å². The van der Waals surface area contributed by atoms with Gasteiger partial charge in [-0.3, -0.25) is 0 Å². The Labute approximate surface area is 88.5 Å². The van der Waals surface area contributed by atoms with Crippen LogP contribution in [0.2, 0.25) is 5.02 Å². The van der Waals surface area contributed by atoms with Crippen molar-refractivity contribution in [2.24, 2.45) is 0 Å². The Bertz CT molecular complexity index is 345. The Hall–Kier alpha value is -0.860. The van der Waals surface area contributed by atoms with Gasteiger partial charge < -0.3 is 9.90 Å². The Morgan fingerprint density at radius 1 is 1.57 bits per heavy atom. The van der Waals surface area contributed by atoms with Gasteiger partial charge in [0.15, 0.2) is 0 Å². The maximum atomic E-state index is 10.4. The van der Waals surface area contributed by atoms with Crippen molar-refractivity contribution in [1.82, 2.24) is 0 Å². The molecule has 0 radical (unpaired) electrons. The molecule has 14 heavy (non-hydrogen) atoms. The first-order valence-electron chi connectivity index (χ1n) is 4.40. The number of carbonyl (C=O) groups is 1. The molecule has 0 fully saturated rings. The summed E-state index contributed by atoms with van der Waals surface area (Å²) in [5.74, 6) is 0. The summed E-state index contributed by atoms with van der Waals surface area (Å²) in [4.78, 5) is 10.4. The Morgan fingerprint density at radius 3 is 2.71 bits per heavy atom. The zero-order valence-electron chi connectivity index (χ0n) is 8.25. The van der Waals surface area contributed by atoms with E-state index in [4.69, 9.17) is 11.6 Å². The normalized spacial score (nSPS) is 14.9. The zero-order chi connectivity index (χ0) is 10.8. The van der Waals surface area contributed by atoms with E-state index in [0.29, 0.717) is 16.9 Å². The lowest BCUT2D eigenvalue weighted by Crippen LogP contribution is -2.21. The molecule has 1 unspecified atom stereocenters. The third kappa shape index (κ3) is 2.34. The molecular weight excluding hydrogens is 200 g/mol. The van der Waals surface area contributed by atoms with Gasteiger partial charge in [-0.15, -0.1) is 0 Å². The summed E-state index contributed by atoms with van der Waals surface area (Å²) in [6.45, 7) is 3.49. The van der Waals surface area contributed by atoms with Crippen LogP contribution in [0.4, 0.5) is 0 Å². The van der Waals surface area contributed by atoms with Gasteiger partial charge in [0.05, 0.1) is 5.60 Å². The summed E-state index contributed by atoms with van der Waals surface area (Å²) in [6.07, 6.45) is 0.778. The van der Waals surface area contributed by atoms with Crippen LogP contribution in [0.3, 0.4) is 0 Å². The van der Waals surface area contributed by atoms with E-state index in [2.05, 4.69) is 0 Å². The number of hydrogen-bond acceptors (Lipinski definition) is 2. The molecule has 0 saturated carbocycles.